The normalized spacial score (nSPS) is 35.4. The Balaban J connectivity index is 2.02. The summed E-state index contributed by atoms with van der Waals surface area (Å²) in [5.41, 5.74) is -0.417. The average Bonchev–Trinajstić information content (AvgIpc) is 2.25. The Hall–Kier alpha value is -0.610. The van der Waals surface area contributed by atoms with Crippen molar-refractivity contribution in [1.29, 1.82) is 0 Å². The van der Waals surface area contributed by atoms with E-state index in [4.69, 9.17) is 4.74 Å². The van der Waals surface area contributed by atoms with E-state index in [-0.39, 0.29) is 28.5 Å². The first kappa shape index (κ1) is 14.8. The maximum Gasteiger partial charge on any atom is 0.240 e. The van der Waals surface area contributed by atoms with Crippen LogP contribution in [0.2, 0.25) is 0 Å². The summed E-state index contributed by atoms with van der Waals surface area (Å²) in [7, 11) is 5.76. The molecule has 0 heterocycles. The van der Waals surface area contributed by atoms with Gasteiger partial charge in [-0.2, -0.15) is 0 Å². The molecule has 0 spiro atoms. The van der Waals surface area contributed by atoms with Gasteiger partial charge in [-0.1, -0.05) is 13.8 Å². The lowest BCUT2D eigenvalue weighted by Gasteiger charge is -2.60. The van der Waals surface area contributed by atoms with Gasteiger partial charge in [0, 0.05) is 18.6 Å². The van der Waals surface area contributed by atoms with Crippen LogP contribution in [0.25, 0.3) is 0 Å². The Bertz CT molecular complexity index is 374. The first-order chi connectivity index (χ1) is 8.69. The van der Waals surface area contributed by atoms with Crippen LogP contribution in [0.1, 0.15) is 46.5 Å². The Labute approximate surface area is 116 Å². The molecule has 2 aliphatic carbocycles. The van der Waals surface area contributed by atoms with E-state index in [1.807, 2.05) is 14.1 Å². The van der Waals surface area contributed by atoms with Gasteiger partial charge in [0.15, 0.2) is 0 Å². The quantitative estimate of drug-likeness (QED) is 0.845. The van der Waals surface area contributed by atoms with Crippen molar-refractivity contribution in [2.24, 2.45) is 5.41 Å². The Morgan fingerprint density at radius 2 is 1.84 bits per heavy atom. The summed E-state index contributed by atoms with van der Waals surface area (Å²) in [6.07, 6.45) is 3.99. The first-order valence-electron chi connectivity index (χ1n) is 7.23. The second-order valence-electron chi connectivity index (χ2n) is 7.17. The molecule has 0 aliphatic heterocycles. The molecule has 0 saturated heterocycles. The van der Waals surface area contributed by atoms with Gasteiger partial charge in [0.2, 0.25) is 5.91 Å². The van der Waals surface area contributed by atoms with Crippen molar-refractivity contribution >= 4 is 5.91 Å². The second-order valence-corrected chi connectivity index (χ2v) is 7.17. The lowest BCUT2D eigenvalue weighted by Crippen LogP contribution is -2.72. The maximum absolute atomic E-state index is 12.6. The van der Waals surface area contributed by atoms with Gasteiger partial charge < -0.3 is 10.1 Å². The van der Waals surface area contributed by atoms with Crippen LogP contribution in [0.4, 0.5) is 0 Å². The number of carbonyl (C=O) groups is 1. The zero-order chi connectivity index (χ0) is 14.5. The molecule has 1 N–H and O–H groups in total. The van der Waals surface area contributed by atoms with Gasteiger partial charge in [-0.15, -0.1) is 0 Å². The summed E-state index contributed by atoms with van der Waals surface area (Å²) in [6.45, 7) is 6.48. The van der Waals surface area contributed by atoms with Gasteiger partial charge in [-0.05, 0) is 46.7 Å². The molecule has 2 rings (SSSR count). The highest BCUT2D eigenvalue weighted by atomic mass is 16.5. The Kier molecular flexibility index (Phi) is 3.47. The van der Waals surface area contributed by atoms with E-state index in [0.29, 0.717) is 0 Å². The summed E-state index contributed by atoms with van der Waals surface area (Å²) in [5, 5.41) is 3.26. The van der Waals surface area contributed by atoms with Crippen LogP contribution in [-0.2, 0) is 9.53 Å². The number of rotatable bonds is 4. The number of hydrogen-bond donors (Lipinski definition) is 1. The van der Waals surface area contributed by atoms with Gasteiger partial charge in [0.25, 0.3) is 0 Å². The van der Waals surface area contributed by atoms with Crippen LogP contribution in [-0.4, -0.2) is 49.2 Å². The van der Waals surface area contributed by atoms with E-state index >= 15 is 0 Å². The number of amides is 1. The van der Waals surface area contributed by atoms with E-state index in [9.17, 15) is 4.79 Å². The van der Waals surface area contributed by atoms with Crippen LogP contribution < -0.4 is 5.32 Å². The fraction of sp³-hybridized carbons (Fsp3) is 0.933. The minimum Gasteiger partial charge on any atom is -0.378 e. The molecule has 0 bridgehead atoms. The Morgan fingerprint density at radius 3 is 2.16 bits per heavy atom. The summed E-state index contributed by atoms with van der Waals surface area (Å²) in [5.74, 6) is 0.194. The minimum atomic E-state index is -0.269. The van der Waals surface area contributed by atoms with Gasteiger partial charge in [0.05, 0.1) is 11.1 Å². The van der Waals surface area contributed by atoms with Gasteiger partial charge >= 0.3 is 0 Å². The monoisotopic (exact) mass is 268 g/mol. The van der Waals surface area contributed by atoms with E-state index in [1.165, 1.54) is 0 Å². The van der Waals surface area contributed by atoms with Crippen LogP contribution in [0.5, 0.6) is 0 Å². The van der Waals surface area contributed by atoms with Crippen molar-refractivity contribution < 1.29 is 9.53 Å². The number of carbonyl (C=O) groups excluding carboxylic acids is 1. The molecule has 4 heteroatoms. The van der Waals surface area contributed by atoms with E-state index < -0.39 is 0 Å². The zero-order valence-corrected chi connectivity index (χ0v) is 13.2. The molecule has 2 aliphatic rings. The third kappa shape index (κ3) is 1.91. The largest absolute Gasteiger partial charge is 0.378 e. The molecule has 0 radical (unpaired) electrons. The third-order valence-electron chi connectivity index (χ3n) is 6.04. The molecule has 0 aromatic carbocycles. The van der Waals surface area contributed by atoms with Crippen LogP contribution in [0, 0.1) is 5.41 Å². The second kappa shape index (κ2) is 4.45. The smallest absolute Gasteiger partial charge is 0.240 e. The molecule has 2 fully saturated rings. The van der Waals surface area contributed by atoms with Gasteiger partial charge in [-0.25, -0.2) is 0 Å². The van der Waals surface area contributed by atoms with Gasteiger partial charge in [-0.3, -0.25) is 9.69 Å². The van der Waals surface area contributed by atoms with Crippen molar-refractivity contribution in [3.05, 3.63) is 0 Å². The van der Waals surface area contributed by atoms with Crippen molar-refractivity contribution in [3.8, 4) is 0 Å². The molecular formula is C15H28N2O2. The number of likely N-dealkylation sites (N-methyl/N-ethyl adjacent to an activating group) is 1. The van der Waals surface area contributed by atoms with E-state index in [0.717, 1.165) is 25.7 Å². The highest BCUT2D eigenvalue weighted by molar-refractivity contribution is 5.87. The average molecular weight is 268 g/mol. The highest BCUT2D eigenvalue weighted by Crippen LogP contribution is 2.52. The molecule has 4 nitrogen and oxygen atoms in total. The maximum atomic E-state index is 12.6. The fourth-order valence-corrected chi connectivity index (χ4v) is 3.40. The van der Waals surface area contributed by atoms with Crippen molar-refractivity contribution in [3.63, 3.8) is 0 Å². The number of hydrogen-bond acceptors (Lipinski definition) is 3. The van der Waals surface area contributed by atoms with Crippen molar-refractivity contribution in [2.45, 2.75) is 63.6 Å². The van der Waals surface area contributed by atoms with Crippen LogP contribution >= 0.6 is 0 Å². The SMILES string of the molecule is CO[C@]1(C)C[C@@H](NC(=O)C2(N(C)C)CCC2)C1(C)C. The number of ether oxygens (including phenoxy) is 1. The number of methoxy groups -OCH3 is 1. The first-order valence-corrected chi connectivity index (χ1v) is 7.23. The highest BCUT2D eigenvalue weighted by Gasteiger charge is 2.59. The molecule has 0 unspecified atom stereocenters. The van der Waals surface area contributed by atoms with E-state index in [2.05, 4.69) is 31.0 Å². The summed E-state index contributed by atoms with van der Waals surface area (Å²) >= 11 is 0. The molecular weight excluding hydrogens is 240 g/mol. The summed E-state index contributed by atoms with van der Waals surface area (Å²) < 4.78 is 5.61. The zero-order valence-electron chi connectivity index (χ0n) is 13.2. The molecule has 0 aromatic heterocycles. The van der Waals surface area contributed by atoms with Crippen LogP contribution in [0.15, 0.2) is 0 Å². The molecule has 110 valence electrons. The van der Waals surface area contributed by atoms with Gasteiger partial charge in [0.1, 0.15) is 0 Å². The lowest BCUT2D eigenvalue weighted by molar-refractivity contribution is -0.185. The summed E-state index contributed by atoms with van der Waals surface area (Å²) in [6, 6.07) is 0.211. The standard InChI is InChI=1S/C15H28N2O2/c1-13(2)11(10-14(13,3)19-6)16-12(18)15(17(4)5)8-7-9-15/h11H,7-10H2,1-6H3,(H,16,18)/t11-,14-/m1/s1. The molecule has 0 aromatic rings. The molecule has 2 saturated carbocycles. The predicted molar refractivity (Wildman–Crippen MR) is 76.0 cm³/mol. The number of nitrogens with zero attached hydrogens (tertiary/aromatic N) is 1. The molecule has 1 amide bonds. The van der Waals surface area contributed by atoms with Crippen molar-refractivity contribution in [1.82, 2.24) is 10.2 Å². The fourth-order valence-electron chi connectivity index (χ4n) is 3.40. The predicted octanol–water partition coefficient (Wildman–Crippen LogP) is 1.79. The molecule has 19 heavy (non-hydrogen) atoms. The minimum absolute atomic E-state index is 0.0192. The van der Waals surface area contributed by atoms with Crippen LogP contribution in [0.3, 0.4) is 0 Å². The lowest BCUT2D eigenvalue weighted by atomic mass is 9.55. The molecule has 2 atom stereocenters. The summed E-state index contributed by atoms with van der Waals surface area (Å²) in [4.78, 5) is 14.7. The number of nitrogens with one attached hydrogen (secondary N) is 1. The van der Waals surface area contributed by atoms with E-state index in [1.54, 1.807) is 7.11 Å². The third-order valence-corrected chi connectivity index (χ3v) is 6.04. The Morgan fingerprint density at radius 1 is 1.26 bits per heavy atom. The topological polar surface area (TPSA) is 41.6 Å². The van der Waals surface area contributed by atoms with Crippen molar-refractivity contribution in [2.75, 3.05) is 21.2 Å².